The molecule has 1 N–H and O–H groups in total. The van der Waals surface area contributed by atoms with Gasteiger partial charge in [-0.2, -0.15) is 0 Å². The number of aromatic nitrogens is 1. The number of halogens is 1. The molecule has 92 valence electrons. The summed E-state index contributed by atoms with van der Waals surface area (Å²) in [7, 11) is 2.01. The van der Waals surface area contributed by atoms with Crippen molar-refractivity contribution in [3.05, 3.63) is 40.0 Å². The maximum Gasteiger partial charge on any atom is 0.335 e. The number of fused-ring (bicyclic) bond motifs is 2. The van der Waals surface area contributed by atoms with Crippen molar-refractivity contribution >= 4 is 28.5 Å². The highest BCUT2D eigenvalue weighted by Crippen LogP contribution is 2.33. The molecule has 0 radical (unpaired) electrons. The molecule has 0 amide bonds. The molecule has 5 heteroatoms. The van der Waals surface area contributed by atoms with Crippen molar-refractivity contribution in [3.63, 3.8) is 0 Å². The van der Waals surface area contributed by atoms with Gasteiger partial charge in [-0.3, -0.25) is 9.88 Å². The summed E-state index contributed by atoms with van der Waals surface area (Å²) in [4.78, 5) is 17.6. The molecular weight excluding hydrogens is 252 g/mol. The topological polar surface area (TPSA) is 53.4 Å². The molecule has 2 heterocycles. The van der Waals surface area contributed by atoms with Crippen molar-refractivity contribution in [1.29, 1.82) is 0 Å². The van der Waals surface area contributed by atoms with E-state index in [9.17, 15) is 4.79 Å². The van der Waals surface area contributed by atoms with Crippen LogP contribution in [0, 0.1) is 0 Å². The monoisotopic (exact) mass is 262 g/mol. The first-order valence-corrected chi connectivity index (χ1v) is 5.97. The minimum absolute atomic E-state index is 0.234. The van der Waals surface area contributed by atoms with E-state index < -0.39 is 5.97 Å². The molecule has 2 aromatic rings. The molecule has 0 spiro atoms. The number of pyridine rings is 1. The Morgan fingerprint density at radius 2 is 2.22 bits per heavy atom. The number of aromatic carboxylic acids is 1. The first-order valence-electron chi connectivity index (χ1n) is 5.59. The third-order valence-corrected chi connectivity index (χ3v) is 3.63. The second-order valence-corrected chi connectivity index (χ2v) is 4.94. The van der Waals surface area contributed by atoms with E-state index in [0.717, 1.165) is 29.7 Å². The second kappa shape index (κ2) is 3.93. The van der Waals surface area contributed by atoms with Gasteiger partial charge in [0.25, 0.3) is 0 Å². The lowest BCUT2D eigenvalue weighted by Gasteiger charge is -2.06. The fraction of sp³-hybridized carbons (Fsp3) is 0.231. The summed E-state index contributed by atoms with van der Waals surface area (Å²) in [5.41, 5.74) is 2.87. The lowest BCUT2D eigenvalue weighted by atomic mass is 10.1. The molecule has 1 aliphatic heterocycles. The molecular formula is C13H11ClN2O2. The molecule has 0 unspecified atom stereocenters. The minimum Gasteiger partial charge on any atom is -0.478 e. The van der Waals surface area contributed by atoms with Gasteiger partial charge in [-0.05, 0) is 19.2 Å². The summed E-state index contributed by atoms with van der Waals surface area (Å²) in [6.45, 7) is 1.54. The number of hydrogen-bond donors (Lipinski definition) is 1. The van der Waals surface area contributed by atoms with Gasteiger partial charge < -0.3 is 5.11 Å². The highest BCUT2D eigenvalue weighted by Gasteiger charge is 2.22. The van der Waals surface area contributed by atoms with Crippen LogP contribution in [0.2, 0.25) is 5.02 Å². The molecule has 0 fully saturated rings. The van der Waals surface area contributed by atoms with Crippen molar-refractivity contribution < 1.29 is 9.90 Å². The van der Waals surface area contributed by atoms with Gasteiger partial charge in [-0.25, -0.2) is 4.79 Å². The maximum atomic E-state index is 10.9. The molecule has 0 bridgehead atoms. The molecule has 1 aromatic carbocycles. The normalized spacial score (nSPS) is 15.0. The van der Waals surface area contributed by atoms with Crippen LogP contribution in [-0.2, 0) is 13.1 Å². The van der Waals surface area contributed by atoms with E-state index >= 15 is 0 Å². The molecule has 3 rings (SSSR count). The lowest BCUT2D eigenvalue weighted by Crippen LogP contribution is -2.07. The van der Waals surface area contributed by atoms with Crippen molar-refractivity contribution in [2.75, 3.05) is 7.05 Å². The lowest BCUT2D eigenvalue weighted by molar-refractivity contribution is 0.0697. The van der Waals surface area contributed by atoms with Crippen molar-refractivity contribution in [2.24, 2.45) is 0 Å². The van der Waals surface area contributed by atoms with Gasteiger partial charge in [-0.1, -0.05) is 17.7 Å². The summed E-state index contributed by atoms with van der Waals surface area (Å²) in [5.74, 6) is -0.951. The summed E-state index contributed by atoms with van der Waals surface area (Å²) in [6.07, 6.45) is 0. The van der Waals surface area contributed by atoms with E-state index in [0.29, 0.717) is 10.5 Å². The molecule has 0 saturated carbocycles. The van der Waals surface area contributed by atoms with Crippen LogP contribution < -0.4 is 0 Å². The standard InChI is InChI=1S/C13H11ClN2O2/c1-16-5-9-11(6-16)15-10-4-7(13(17)18)2-3-8(10)12(9)14/h2-4H,5-6H2,1H3,(H,17,18). The zero-order chi connectivity index (χ0) is 12.9. The van der Waals surface area contributed by atoms with Gasteiger partial charge >= 0.3 is 5.97 Å². The first-order chi connectivity index (χ1) is 8.56. The van der Waals surface area contributed by atoms with Gasteiger partial charge in [0.1, 0.15) is 0 Å². The highest BCUT2D eigenvalue weighted by atomic mass is 35.5. The Hall–Kier alpha value is -1.65. The van der Waals surface area contributed by atoms with Gasteiger partial charge in [-0.15, -0.1) is 0 Å². The summed E-state index contributed by atoms with van der Waals surface area (Å²) < 4.78 is 0. The van der Waals surface area contributed by atoms with Crippen LogP contribution in [0.25, 0.3) is 10.9 Å². The highest BCUT2D eigenvalue weighted by molar-refractivity contribution is 6.36. The minimum atomic E-state index is -0.951. The molecule has 0 atom stereocenters. The maximum absolute atomic E-state index is 10.9. The first kappa shape index (κ1) is 11.4. The number of hydrogen-bond acceptors (Lipinski definition) is 3. The van der Waals surface area contributed by atoms with Crippen LogP contribution >= 0.6 is 11.6 Å². The second-order valence-electron chi connectivity index (χ2n) is 4.56. The number of benzene rings is 1. The predicted octanol–water partition coefficient (Wildman–Crippen LogP) is 2.53. The summed E-state index contributed by atoms with van der Waals surface area (Å²) in [5, 5.41) is 10.5. The van der Waals surface area contributed by atoms with E-state index in [1.165, 1.54) is 0 Å². The van der Waals surface area contributed by atoms with Gasteiger partial charge in [0.05, 0.1) is 21.8 Å². The third kappa shape index (κ3) is 1.65. The number of carboxylic acids is 1. The van der Waals surface area contributed by atoms with Crippen LogP contribution in [-0.4, -0.2) is 28.0 Å². The van der Waals surface area contributed by atoms with Gasteiger partial charge in [0.2, 0.25) is 0 Å². The average Bonchev–Trinajstić information content (AvgIpc) is 2.69. The van der Waals surface area contributed by atoms with E-state index in [2.05, 4.69) is 9.88 Å². The zero-order valence-electron chi connectivity index (χ0n) is 9.77. The Kier molecular flexibility index (Phi) is 2.50. The largest absolute Gasteiger partial charge is 0.478 e. The van der Waals surface area contributed by atoms with E-state index in [4.69, 9.17) is 16.7 Å². The summed E-state index contributed by atoms with van der Waals surface area (Å²) >= 11 is 6.37. The Balaban J connectivity index is 2.27. The molecule has 4 nitrogen and oxygen atoms in total. The average molecular weight is 263 g/mol. The molecule has 1 aliphatic rings. The Labute approximate surface area is 109 Å². The number of rotatable bonds is 1. The van der Waals surface area contributed by atoms with Crippen LogP contribution in [0.3, 0.4) is 0 Å². The van der Waals surface area contributed by atoms with E-state index in [1.807, 2.05) is 7.05 Å². The van der Waals surface area contributed by atoms with Crippen molar-refractivity contribution in [2.45, 2.75) is 13.1 Å². The predicted molar refractivity (Wildman–Crippen MR) is 68.9 cm³/mol. The van der Waals surface area contributed by atoms with Crippen LogP contribution in [0.1, 0.15) is 21.6 Å². The fourth-order valence-electron chi connectivity index (χ4n) is 2.32. The molecule has 18 heavy (non-hydrogen) atoms. The Morgan fingerprint density at radius 3 is 2.94 bits per heavy atom. The smallest absolute Gasteiger partial charge is 0.335 e. The zero-order valence-corrected chi connectivity index (χ0v) is 10.5. The fourth-order valence-corrected chi connectivity index (χ4v) is 2.65. The summed E-state index contributed by atoms with van der Waals surface area (Å²) in [6, 6.07) is 4.86. The van der Waals surface area contributed by atoms with Crippen LogP contribution in [0.5, 0.6) is 0 Å². The van der Waals surface area contributed by atoms with Gasteiger partial charge in [0.15, 0.2) is 0 Å². The Morgan fingerprint density at radius 1 is 1.44 bits per heavy atom. The van der Waals surface area contributed by atoms with Crippen molar-refractivity contribution in [1.82, 2.24) is 9.88 Å². The van der Waals surface area contributed by atoms with Crippen LogP contribution in [0.15, 0.2) is 18.2 Å². The molecule has 0 saturated heterocycles. The van der Waals surface area contributed by atoms with Crippen LogP contribution in [0.4, 0.5) is 0 Å². The Bertz CT molecular complexity index is 670. The quantitative estimate of drug-likeness (QED) is 0.858. The van der Waals surface area contributed by atoms with E-state index in [1.54, 1.807) is 18.2 Å². The molecule has 0 aliphatic carbocycles. The number of carboxylic acid groups (broad SMARTS) is 1. The number of nitrogens with zero attached hydrogens (tertiary/aromatic N) is 2. The number of carbonyl (C=O) groups is 1. The van der Waals surface area contributed by atoms with E-state index in [-0.39, 0.29) is 5.56 Å². The van der Waals surface area contributed by atoms with Gasteiger partial charge in [0, 0.05) is 24.0 Å². The third-order valence-electron chi connectivity index (χ3n) is 3.20. The SMILES string of the molecule is CN1Cc2nc3cc(C(=O)O)ccc3c(Cl)c2C1. The van der Waals surface area contributed by atoms with Crippen molar-refractivity contribution in [3.8, 4) is 0 Å². The molecule has 1 aromatic heterocycles.